The summed E-state index contributed by atoms with van der Waals surface area (Å²) >= 11 is 3.34. The zero-order valence-electron chi connectivity index (χ0n) is 10.4. The minimum absolute atomic E-state index is 0.0292. The van der Waals surface area contributed by atoms with Crippen LogP contribution >= 0.6 is 15.9 Å². The normalized spacial score (nSPS) is 18.9. The zero-order valence-corrected chi connectivity index (χ0v) is 11.9. The van der Waals surface area contributed by atoms with Crippen LogP contribution in [0.3, 0.4) is 0 Å². The van der Waals surface area contributed by atoms with Gasteiger partial charge < -0.3 is 15.4 Å². The minimum Gasteiger partial charge on any atom is -0.399 e. The fourth-order valence-corrected chi connectivity index (χ4v) is 2.64. The number of ether oxygens (including phenoxy) is 1. The number of halogens is 1. The molecule has 1 aromatic carbocycles. The van der Waals surface area contributed by atoms with Gasteiger partial charge in [-0.1, -0.05) is 15.9 Å². The zero-order chi connectivity index (χ0) is 13.1. The monoisotopic (exact) mass is 312 g/mol. The van der Waals surface area contributed by atoms with Gasteiger partial charge in [-0.15, -0.1) is 0 Å². The maximum atomic E-state index is 12.2. The van der Waals surface area contributed by atoms with Gasteiger partial charge in [0, 0.05) is 35.9 Å². The van der Waals surface area contributed by atoms with Gasteiger partial charge in [0.2, 0.25) is 0 Å². The number of nitrogen functional groups attached to an aromatic ring is 1. The Kier molecular flexibility index (Phi) is 4.24. The summed E-state index contributed by atoms with van der Waals surface area (Å²) in [7, 11) is 1.79. The molecular formula is C13H17BrN2O2. The first-order chi connectivity index (χ1) is 8.56. The van der Waals surface area contributed by atoms with Crippen LogP contribution in [0.25, 0.3) is 0 Å². The van der Waals surface area contributed by atoms with Crippen molar-refractivity contribution in [3.63, 3.8) is 0 Å². The molecule has 0 spiro atoms. The Morgan fingerprint density at radius 3 is 2.94 bits per heavy atom. The molecule has 4 nitrogen and oxygen atoms in total. The highest BCUT2D eigenvalue weighted by atomic mass is 79.9. The summed E-state index contributed by atoms with van der Waals surface area (Å²) < 4.78 is 6.35. The van der Waals surface area contributed by atoms with E-state index in [-0.39, 0.29) is 12.0 Å². The Bertz CT molecular complexity index is 424. The van der Waals surface area contributed by atoms with Crippen molar-refractivity contribution in [3.8, 4) is 0 Å². The molecule has 98 valence electrons. The van der Waals surface area contributed by atoms with Crippen molar-refractivity contribution in [3.05, 3.63) is 28.2 Å². The third kappa shape index (κ3) is 3.23. The SMILES string of the molecule is CN(CC1CCCO1)C(=O)c1cc(N)cc(Br)c1. The molecule has 1 saturated heterocycles. The van der Waals surface area contributed by atoms with Crippen LogP contribution in [0, 0.1) is 0 Å². The van der Waals surface area contributed by atoms with E-state index in [9.17, 15) is 4.79 Å². The number of amides is 1. The van der Waals surface area contributed by atoms with Crippen molar-refractivity contribution < 1.29 is 9.53 Å². The summed E-state index contributed by atoms with van der Waals surface area (Å²) in [4.78, 5) is 13.9. The number of carbonyl (C=O) groups is 1. The second kappa shape index (κ2) is 5.71. The van der Waals surface area contributed by atoms with Crippen molar-refractivity contribution in [1.82, 2.24) is 4.90 Å². The summed E-state index contributed by atoms with van der Waals surface area (Å²) in [5.41, 5.74) is 6.92. The number of hydrogen-bond donors (Lipinski definition) is 1. The van der Waals surface area contributed by atoms with Crippen LogP contribution in [0.5, 0.6) is 0 Å². The van der Waals surface area contributed by atoms with Gasteiger partial charge in [0.1, 0.15) is 0 Å². The molecule has 18 heavy (non-hydrogen) atoms. The molecule has 1 aromatic rings. The quantitative estimate of drug-likeness (QED) is 0.871. The van der Waals surface area contributed by atoms with Crippen LogP contribution < -0.4 is 5.73 Å². The largest absolute Gasteiger partial charge is 0.399 e. The molecule has 5 heteroatoms. The van der Waals surface area contributed by atoms with E-state index in [2.05, 4.69) is 15.9 Å². The Labute approximate surface area is 115 Å². The Balaban J connectivity index is 2.04. The number of benzene rings is 1. The summed E-state index contributed by atoms with van der Waals surface area (Å²) in [6.45, 7) is 1.43. The Hall–Kier alpha value is -1.07. The number of rotatable bonds is 3. The molecule has 1 unspecified atom stereocenters. The molecule has 1 aliphatic rings. The third-order valence-electron chi connectivity index (χ3n) is 3.02. The smallest absolute Gasteiger partial charge is 0.253 e. The van der Waals surface area contributed by atoms with Crippen LogP contribution in [0.1, 0.15) is 23.2 Å². The summed E-state index contributed by atoms with van der Waals surface area (Å²) in [6, 6.07) is 5.25. The molecule has 1 aliphatic heterocycles. The van der Waals surface area contributed by atoms with Crippen LogP contribution in [-0.2, 0) is 4.74 Å². The highest BCUT2D eigenvalue weighted by Gasteiger charge is 2.21. The molecule has 2 rings (SSSR count). The van der Waals surface area contributed by atoms with Crippen LogP contribution in [0.4, 0.5) is 5.69 Å². The fourth-order valence-electron chi connectivity index (χ4n) is 2.13. The standard InChI is InChI=1S/C13H17BrN2O2/c1-16(8-12-3-2-4-18-12)13(17)9-5-10(14)7-11(15)6-9/h5-7,12H,2-4,8,15H2,1H3. The molecule has 0 bridgehead atoms. The lowest BCUT2D eigenvalue weighted by Gasteiger charge is -2.21. The van der Waals surface area contributed by atoms with Crippen molar-refractivity contribution >= 4 is 27.5 Å². The van der Waals surface area contributed by atoms with Gasteiger partial charge in [-0.3, -0.25) is 4.79 Å². The van der Waals surface area contributed by atoms with Gasteiger partial charge in [0.15, 0.2) is 0 Å². The number of carbonyl (C=O) groups excluding carboxylic acids is 1. The van der Waals surface area contributed by atoms with E-state index < -0.39 is 0 Å². The Morgan fingerprint density at radius 2 is 2.33 bits per heavy atom. The number of likely N-dealkylation sites (N-methyl/N-ethyl adjacent to an activating group) is 1. The summed E-state index contributed by atoms with van der Waals surface area (Å²) in [5, 5.41) is 0. The van der Waals surface area contributed by atoms with Gasteiger partial charge in [-0.05, 0) is 31.0 Å². The predicted octanol–water partition coefficient (Wildman–Crippen LogP) is 2.28. The maximum absolute atomic E-state index is 12.2. The van der Waals surface area contributed by atoms with E-state index in [0.29, 0.717) is 17.8 Å². The first-order valence-electron chi connectivity index (χ1n) is 5.99. The first kappa shape index (κ1) is 13.4. The molecule has 0 aromatic heterocycles. The molecule has 1 heterocycles. The summed E-state index contributed by atoms with van der Waals surface area (Å²) in [6.07, 6.45) is 2.28. The van der Waals surface area contributed by atoms with E-state index in [0.717, 1.165) is 23.9 Å². The number of nitrogens with zero attached hydrogens (tertiary/aromatic N) is 1. The van der Waals surface area contributed by atoms with Crippen molar-refractivity contribution in [2.75, 3.05) is 25.9 Å². The van der Waals surface area contributed by atoms with Gasteiger partial charge >= 0.3 is 0 Å². The first-order valence-corrected chi connectivity index (χ1v) is 6.78. The Morgan fingerprint density at radius 1 is 1.56 bits per heavy atom. The molecule has 0 aliphatic carbocycles. The fraction of sp³-hybridized carbons (Fsp3) is 0.462. The number of anilines is 1. The van der Waals surface area contributed by atoms with Gasteiger partial charge in [-0.25, -0.2) is 0 Å². The predicted molar refractivity (Wildman–Crippen MR) is 74.5 cm³/mol. The molecule has 0 radical (unpaired) electrons. The van der Waals surface area contributed by atoms with Crippen molar-refractivity contribution in [1.29, 1.82) is 0 Å². The lowest BCUT2D eigenvalue weighted by Crippen LogP contribution is -2.34. The van der Waals surface area contributed by atoms with Crippen LogP contribution in [-0.4, -0.2) is 37.1 Å². The maximum Gasteiger partial charge on any atom is 0.253 e. The number of nitrogens with two attached hydrogens (primary N) is 1. The van der Waals surface area contributed by atoms with Crippen molar-refractivity contribution in [2.24, 2.45) is 0 Å². The van der Waals surface area contributed by atoms with E-state index in [1.807, 2.05) is 0 Å². The second-order valence-electron chi connectivity index (χ2n) is 4.59. The average Bonchev–Trinajstić information content (AvgIpc) is 2.79. The van der Waals surface area contributed by atoms with E-state index in [1.54, 1.807) is 30.1 Å². The van der Waals surface area contributed by atoms with E-state index in [4.69, 9.17) is 10.5 Å². The van der Waals surface area contributed by atoms with Crippen molar-refractivity contribution in [2.45, 2.75) is 18.9 Å². The minimum atomic E-state index is -0.0292. The highest BCUT2D eigenvalue weighted by molar-refractivity contribution is 9.10. The molecule has 1 amide bonds. The highest BCUT2D eigenvalue weighted by Crippen LogP contribution is 2.19. The summed E-state index contributed by atoms with van der Waals surface area (Å²) in [5.74, 6) is -0.0292. The van der Waals surface area contributed by atoms with Crippen LogP contribution in [0.2, 0.25) is 0 Å². The lowest BCUT2D eigenvalue weighted by molar-refractivity contribution is 0.0587. The molecular weight excluding hydrogens is 296 g/mol. The van der Waals surface area contributed by atoms with Gasteiger partial charge in [0.25, 0.3) is 5.91 Å². The third-order valence-corrected chi connectivity index (χ3v) is 3.47. The average molecular weight is 313 g/mol. The van der Waals surface area contributed by atoms with E-state index in [1.165, 1.54) is 0 Å². The van der Waals surface area contributed by atoms with Gasteiger partial charge in [-0.2, -0.15) is 0 Å². The lowest BCUT2D eigenvalue weighted by atomic mass is 10.1. The topological polar surface area (TPSA) is 55.6 Å². The number of hydrogen-bond acceptors (Lipinski definition) is 3. The second-order valence-corrected chi connectivity index (χ2v) is 5.51. The van der Waals surface area contributed by atoms with E-state index >= 15 is 0 Å². The molecule has 0 saturated carbocycles. The molecule has 1 fully saturated rings. The molecule has 2 N–H and O–H groups in total. The molecule has 1 atom stereocenters. The van der Waals surface area contributed by atoms with Gasteiger partial charge in [0.05, 0.1) is 6.10 Å². The van der Waals surface area contributed by atoms with Crippen LogP contribution in [0.15, 0.2) is 22.7 Å².